The van der Waals surface area contributed by atoms with Crippen LogP contribution in [0.15, 0.2) is 89.4 Å². The monoisotopic (exact) mass is 434 g/mol. The first-order valence-corrected chi connectivity index (χ1v) is 9.51. The smallest absolute Gasteiger partial charge is 0.336 e. The van der Waals surface area contributed by atoms with E-state index in [4.69, 9.17) is 5.73 Å². The quantitative estimate of drug-likeness (QED) is 0.445. The molecule has 0 fully saturated rings. The molecule has 0 aliphatic carbocycles. The molecule has 0 radical (unpaired) electrons. The van der Waals surface area contributed by atoms with E-state index in [1.165, 1.54) is 5.56 Å². The van der Waals surface area contributed by atoms with Gasteiger partial charge in [0.1, 0.15) is 0 Å². The number of rotatable bonds is 3. The lowest BCUT2D eigenvalue weighted by Crippen LogP contribution is -2.00. The minimum absolute atomic E-state index is 0.272. The molecule has 0 aliphatic rings. The van der Waals surface area contributed by atoms with E-state index in [1.54, 1.807) is 12.1 Å². The van der Waals surface area contributed by atoms with Crippen molar-refractivity contribution in [2.45, 2.75) is 6.54 Å². The second kappa shape index (κ2) is 9.26. The summed E-state index contributed by atoms with van der Waals surface area (Å²) in [4.78, 5) is 16.0. The van der Waals surface area contributed by atoms with Crippen molar-refractivity contribution in [3.8, 4) is 11.3 Å². The minimum atomic E-state index is -0.943. The van der Waals surface area contributed by atoms with E-state index in [9.17, 15) is 9.90 Å². The van der Waals surface area contributed by atoms with Crippen molar-refractivity contribution in [2.75, 3.05) is 0 Å². The topological polar surface area (TPSA) is 76.2 Å². The van der Waals surface area contributed by atoms with Crippen molar-refractivity contribution in [3.05, 3.63) is 101 Å². The van der Waals surface area contributed by atoms with E-state index in [-0.39, 0.29) is 5.56 Å². The SMILES string of the molecule is NCc1ccccc1.O=C(O)c1cc(-c2ccc(Br)cc2)nc2ccccc12. The third-order valence-electron chi connectivity index (χ3n) is 4.17. The molecule has 0 amide bonds. The van der Waals surface area contributed by atoms with Crippen LogP contribution in [0.4, 0.5) is 0 Å². The second-order valence-electron chi connectivity index (χ2n) is 6.07. The van der Waals surface area contributed by atoms with Gasteiger partial charge in [0.25, 0.3) is 0 Å². The summed E-state index contributed by atoms with van der Waals surface area (Å²) < 4.78 is 0.973. The highest BCUT2D eigenvalue weighted by molar-refractivity contribution is 9.10. The third-order valence-corrected chi connectivity index (χ3v) is 4.69. The zero-order valence-corrected chi connectivity index (χ0v) is 16.6. The number of fused-ring (bicyclic) bond motifs is 1. The van der Waals surface area contributed by atoms with Crippen molar-refractivity contribution < 1.29 is 9.90 Å². The Labute approximate surface area is 171 Å². The molecule has 140 valence electrons. The maximum atomic E-state index is 11.4. The fraction of sp³-hybridized carbons (Fsp3) is 0.0435. The molecule has 4 nitrogen and oxygen atoms in total. The van der Waals surface area contributed by atoms with Crippen molar-refractivity contribution in [3.63, 3.8) is 0 Å². The highest BCUT2D eigenvalue weighted by Gasteiger charge is 2.12. The van der Waals surface area contributed by atoms with Crippen molar-refractivity contribution in [1.82, 2.24) is 4.98 Å². The first-order chi connectivity index (χ1) is 13.6. The average Bonchev–Trinajstić information content (AvgIpc) is 2.74. The molecule has 0 spiro atoms. The third kappa shape index (κ3) is 4.82. The predicted octanol–water partition coefficient (Wildman–Crippen LogP) is 5.51. The Morgan fingerprint density at radius 1 is 0.929 bits per heavy atom. The van der Waals surface area contributed by atoms with Crippen molar-refractivity contribution in [2.24, 2.45) is 5.73 Å². The van der Waals surface area contributed by atoms with Crippen LogP contribution >= 0.6 is 15.9 Å². The number of para-hydroxylation sites is 1. The molecule has 0 saturated heterocycles. The second-order valence-corrected chi connectivity index (χ2v) is 6.99. The van der Waals surface area contributed by atoms with E-state index in [0.29, 0.717) is 23.1 Å². The highest BCUT2D eigenvalue weighted by Crippen LogP contribution is 2.25. The van der Waals surface area contributed by atoms with E-state index in [1.807, 2.05) is 72.8 Å². The lowest BCUT2D eigenvalue weighted by molar-refractivity contribution is 0.0699. The molecule has 4 aromatic rings. The standard InChI is InChI=1S/C16H10BrNO2.C7H9N/c17-11-7-5-10(6-8-11)15-9-13(16(19)20)12-3-1-2-4-14(12)18-15;8-6-7-4-2-1-3-5-7/h1-9H,(H,19,20);1-5H,6,8H2. The van der Waals surface area contributed by atoms with Crippen molar-refractivity contribution in [1.29, 1.82) is 0 Å². The summed E-state index contributed by atoms with van der Waals surface area (Å²) in [6.45, 7) is 0.640. The zero-order valence-electron chi connectivity index (χ0n) is 15.0. The van der Waals surface area contributed by atoms with Crippen LogP contribution in [0.2, 0.25) is 0 Å². The van der Waals surface area contributed by atoms with Gasteiger partial charge in [-0.05, 0) is 29.8 Å². The number of nitrogens with zero attached hydrogens (tertiary/aromatic N) is 1. The van der Waals surface area contributed by atoms with Crippen LogP contribution in [0, 0.1) is 0 Å². The minimum Gasteiger partial charge on any atom is -0.478 e. The molecule has 28 heavy (non-hydrogen) atoms. The molecule has 0 atom stereocenters. The molecule has 0 bridgehead atoms. The summed E-state index contributed by atoms with van der Waals surface area (Å²) in [6, 6.07) is 26.5. The first-order valence-electron chi connectivity index (χ1n) is 8.71. The molecule has 0 unspecified atom stereocenters. The van der Waals surface area contributed by atoms with Gasteiger partial charge in [-0.1, -0.05) is 76.6 Å². The maximum Gasteiger partial charge on any atom is 0.336 e. The summed E-state index contributed by atoms with van der Waals surface area (Å²) in [7, 11) is 0. The van der Waals surface area contributed by atoms with E-state index in [2.05, 4.69) is 20.9 Å². The van der Waals surface area contributed by atoms with Crippen LogP contribution in [0.3, 0.4) is 0 Å². The Balaban J connectivity index is 0.000000236. The number of carboxylic acids is 1. The molecule has 0 aliphatic heterocycles. The Morgan fingerprint density at radius 3 is 2.18 bits per heavy atom. The van der Waals surface area contributed by atoms with Crippen LogP contribution < -0.4 is 5.73 Å². The normalized spacial score (nSPS) is 10.2. The number of hydrogen-bond donors (Lipinski definition) is 2. The van der Waals surface area contributed by atoms with Gasteiger partial charge in [-0.25, -0.2) is 9.78 Å². The average molecular weight is 435 g/mol. The van der Waals surface area contributed by atoms with Crippen molar-refractivity contribution >= 4 is 32.8 Å². The Morgan fingerprint density at radius 2 is 1.57 bits per heavy atom. The number of nitrogens with two attached hydrogens (primary N) is 1. The lowest BCUT2D eigenvalue weighted by atomic mass is 10.0. The van der Waals surface area contributed by atoms with Gasteiger partial charge in [-0.15, -0.1) is 0 Å². The molecule has 4 rings (SSSR count). The van der Waals surface area contributed by atoms with Crippen LogP contribution in [0.25, 0.3) is 22.2 Å². The number of hydrogen-bond acceptors (Lipinski definition) is 3. The molecule has 3 N–H and O–H groups in total. The highest BCUT2D eigenvalue weighted by atomic mass is 79.9. The fourth-order valence-corrected chi connectivity index (χ4v) is 3.00. The molecule has 1 heterocycles. The summed E-state index contributed by atoms with van der Waals surface area (Å²) in [5.41, 5.74) is 9.05. The summed E-state index contributed by atoms with van der Waals surface area (Å²) in [5.74, 6) is -0.943. The lowest BCUT2D eigenvalue weighted by Gasteiger charge is -2.07. The number of halogens is 1. The van der Waals surface area contributed by atoms with Crippen LogP contribution in [0.1, 0.15) is 15.9 Å². The largest absolute Gasteiger partial charge is 0.478 e. The molecular weight excluding hydrogens is 416 g/mol. The van der Waals surface area contributed by atoms with Gasteiger partial charge in [-0.3, -0.25) is 0 Å². The maximum absolute atomic E-state index is 11.4. The van der Waals surface area contributed by atoms with Gasteiger partial charge >= 0.3 is 5.97 Å². The van der Waals surface area contributed by atoms with E-state index < -0.39 is 5.97 Å². The molecule has 0 saturated carbocycles. The number of pyridine rings is 1. The summed E-state index contributed by atoms with van der Waals surface area (Å²) >= 11 is 3.38. The van der Waals surface area contributed by atoms with Crippen LogP contribution in [-0.4, -0.2) is 16.1 Å². The number of benzene rings is 3. The van der Waals surface area contributed by atoms with Gasteiger partial charge in [-0.2, -0.15) is 0 Å². The summed E-state index contributed by atoms with van der Waals surface area (Å²) in [6.07, 6.45) is 0. The molecule has 5 heteroatoms. The Kier molecular flexibility index (Phi) is 6.53. The fourth-order valence-electron chi connectivity index (χ4n) is 2.73. The number of aromatic nitrogens is 1. The van der Waals surface area contributed by atoms with Gasteiger partial charge < -0.3 is 10.8 Å². The van der Waals surface area contributed by atoms with Crippen LogP contribution in [0.5, 0.6) is 0 Å². The Hall–Kier alpha value is -3.02. The number of carboxylic acid groups (broad SMARTS) is 1. The zero-order chi connectivity index (χ0) is 19.9. The Bertz CT molecular complexity index is 1080. The van der Waals surface area contributed by atoms with Gasteiger partial charge in [0.15, 0.2) is 0 Å². The first kappa shape index (κ1) is 19.7. The van der Waals surface area contributed by atoms with E-state index >= 15 is 0 Å². The molecular formula is C23H19BrN2O2. The van der Waals surface area contributed by atoms with Gasteiger partial charge in [0, 0.05) is 22.0 Å². The predicted molar refractivity (Wildman–Crippen MR) is 116 cm³/mol. The van der Waals surface area contributed by atoms with Gasteiger partial charge in [0.2, 0.25) is 0 Å². The number of aromatic carboxylic acids is 1. The van der Waals surface area contributed by atoms with Crippen LogP contribution in [-0.2, 0) is 6.54 Å². The van der Waals surface area contributed by atoms with E-state index in [0.717, 1.165) is 10.0 Å². The molecule has 3 aromatic carbocycles. The molecule has 1 aromatic heterocycles. The van der Waals surface area contributed by atoms with Gasteiger partial charge in [0.05, 0.1) is 16.8 Å². The summed E-state index contributed by atoms with van der Waals surface area (Å²) in [5, 5.41) is 10.0. The number of carbonyl (C=O) groups is 1.